The van der Waals surface area contributed by atoms with Crippen molar-refractivity contribution in [1.82, 2.24) is 9.97 Å². The average molecular weight is 283 g/mol. The largest absolute Gasteiger partial charge is 0.295 e. The number of carbonyl (C=O) groups is 1. The molecular weight excluding hydrogens is 272 g/mol. The van der Waals surface area contributed by atoms with Gasteiger partial charge in [-0.2, -0.15) is 5.26 Å². The molecule has 1 unspecified atom stereocenters. The number of aromatic nitrogens is 2. The third kappa shape index (κ3) is 2.42. The minimum absolute atomic E-state index is 0.0390. The van der Waals surface area contributed by atoms with E-state index in [-0.39, 0.29) is 11.8 Å². The Kier molecular flexibility index (Phi) is 4.04. The fourth-order valence-electron chi connectivity index (χ4n) is 1.83. The summed E-state index contributed by atoms with van der Waals surface area (Å²) < 4.78 is 0. The molecule has 0 N–H and O–H groups in total. The average Bonchev–Trinajstić information content (AvgIpc) is 2.79. The monoisotopic (exact) mass is 282 g/mol. The molecule has 1 amide bonds. The molecule has 2 rings (SSSR count). The number of amides is 1. The van der Waals surface area contributed by atoms with Crippen molar-refractivity contribution in [3.05, 3.63) is 11.8 Å². The van der Waals surface area contributed by atoms with Crippen LogP contribution in [-0.2, 0) is 4.79 Å². The lowest BCUT2D eigenvalue weighted by Gasteiger charge is -2.16. The van der Waals surface area contributed by atoms with E-state index in [2.05, 4.69) is 9.97 Å². The van der Waals surface area contributed by atoms with Crippen molar-refractivity contribution in [2.45, 2.75) is 11.6 Å². The second-order valence-electron chi connectivity index (χ2n) is 3.93. The normalized spacial score (nSPS) is 19.1. The number of halogens is 1. The standard InChI is InChI=1S/C11H11ClN4OS/c1-18-11-14-5-8(4-13)10(15-11)16-6-7(3-12)2-9(16)17/h5,7H,2-3,6H2,1H3. The predicted molar refractivity (Wildman–Crippen MR) is 69.7 cm³/mol. The van der Waals surface area contributed by atoms with Crippen LogP contribution < -0.4 is 4.90 Å². The van der Waals surface area contributed by atoms with E-state index >= 15 is 0 Å². The maximum Gasteiger partial charge on any atom is 0.228 e. The van der Waals surface area contributed by atoms with Crippen LogP contribution in [0.4, 0.5) is 5.82 Å². The highest BCUT2D eigenvalue weighted by atomic mass is 35.5. The maximum absolute atomic E-state index is 11.9. The van der Waals surface area contributed by atoms with Gasteiger partial charge in [0.15, 0.2) is 11.0 Å². The summed E-state index contributed by atoms with van der Waals surface area (Å²) >= 11 is 7.15. The van der Waals surface area contributed by atoms with Gasteiger partial charge in [-0.15, -0.1) is 11.6 Å². The second kappa shape index (κ2) is 5.55. The Morgan fingerprint density at radius 1 is 1.72 bits per heavy atom. The van der Waals surface area contributed by atoms with E-state index in [1.165, 1.54) is 22.9 Å². The number of alkyl halides is 1. The summed E-state index contributed by atoms with van der Waals surface area (Å²) in [6, 6.07) is 2.02. The lowest BCUT2D eigenvalue weighted by Crippen LogP contribution is -2.27. The first-order chi connectivity index (χ1) is 8.69. The number of carbonyl (C=O) groups excluding carboxylic acids is 1. The van der Waals surface area contributed by atoms with Gasteiger partial charge in [-0.1, -0.05) is 11.8 Å². The fraction of sp³-hybridized carbons (Fsp3) is 0.455. The van der Waals surface area contributed by atoms with Crippen LogP contribution in [0.3, 0.4) is 0 Å². The summed E-state index contributed by atoms with van der Waals surface area (Å²) in [6.07, 6.45) is 3.71. The van der Waals surface area contributed by atoms with Crippen LogP contribution in [0.5, 0.6) is 0 Å². The van der Waals surface area contributed by atoms with Crippen molar-refractivity contribution in [3.8, 4) is 6.07 Å². The van der Waals surface area contributed by atoms with Gasteiger partial charge in [0.2, 0.25) is 5.91 Å². The van der Waals surface area contributed by atoms with E-state index in [4.69, 9.17) is 16.9 Å². The number of nitrogens with zero attached hydrogens (tertiary/aromatic N) is 4. The van der Waals surface area contributed by atoms with Crippen LogP contribution in [0.1, 0.15) is 12.0 Å². The van der Waals surface area contributed by atoms with Crippen molar-refractivity contribution >= 4 is 35.1 Å². The topological polar surface area (TPSA) is 69.9 Å². The third-order valence-electron chi connectivity index (χ3n) is 2.73. The molecule has 5 nitrogen and oxygen atoms in total. The smallest absolute Gasteiger partial charge is 0.228 e. The van der Waals surface area contributed by atoms with Crippen LogP contribution in [0.25, 0.3) is 0 Å². The summed E-state index contributed by atoms with van der Waals surface area (Å²) in [6.45, 7) is 0.516. The highest BCUT2D eigenvalue weighted by Crippen LogP contribution is 2.27. The highest BCUT2D eigenvalue weighted by Gasteiger charge is 2.32. The van der Waals surface area contributed by atoms with Gasteiger partial charge in [0.1, 0.15) is 11.6 Å². The molecule has 0 saturated carbocycles. The third-order valence-corrected chi connectivity index (χ3v) is 3.73. The Hall–Kier alpha value is -1.32. The molecule has 1 aromatic heterocycles. The first kappa shape index (κ1) is 13.1. The van der Waals surface area contributed by atoms with Crippen molar-refractivity contribution < 1.29 is 4.79 Å². The summed E-state index contributed by atoms with van der Waals surface area (Å²) in [7, 11) is 0. The van der Waals surface area contributed by atoms with Gasteiger partial charge in [0.25, 0.3) is 0 Å². The van der Waals surface area contributed by atoms with E-state index in [1.54, 1.807) is 0 Å². The van der Waals surface area contributed by atoms with Gasteiger partial charge in [0.05, 0.1) is 6.20 Å². The van der Waals surface area contributed by atoms with Crippen LogP contribution in [0, 0.1) is 17.2 Å². The quantitative estimate of drug-likeness (QED) is 0.479. The Morgan fingerprint density at radius 3 is 3.06 bits per heavy atom. The molecule has 18 heavy (non-hydrogen) atoms. The fourth-order valence-corrected chi connectivity index (χ4v) is 2.37. The Morgan fingerprint density at radius 2 is 2.50 bits per heavy atom. The zero-order chi connectivity index (χ0) is 13.1. The molecule has 0 aromatic carbocycles. The zero-order valence-electron chi connectivity index (χ0n) is 9.76. The summed E-state index contributed by atoms with van der Waals surface area (Å²) in [5.74, 6) is 0.917. The Balaban J connectivity index is 2.38. The minimum atomic E-state index is -0.0390. The molecular formula is C11H11ClN4OS. The molecule has 1 saturated heterocycles. The van der Waals surface area contributed by atoms with E-state index in [9.17, 15) is 4.79 Å². The van der Waals surface area contributed by atoms with Crippen LogP contribution in [-0.4, -0.2) is 34.6 Å². The Labute approximate surface area is 114 Å². The predicted octanol–water partition coefficient (Wildman–Crippen LogP) is 1.66. The van der Waals surface area contributed by atoms with E-state index in [1.807, 2.05) is 12.3 Å². The molecule has 1 atom stereocenters. The molecule has 0 spiro atoms. The summed E-state index contributed by atoms with van der Waals surface area (Å²) in [5.41, 5.74) is 0.316. The number of hydrogen-bond acceptors (Lipinski definition) is 5. The lowest BCUT2D eigenvalue weighted by atomic mass is 10.1. The zero-order valence-corrected chi connectivity index (χ0v) is 11.3. The van der Waals surface area contributed by atoms with Gasteiger partial charge in [-0.05, 0) is 12.2 Å². The van der Waals surface area contributed by atoms with Crippen molar-refractivity contribution in [2.24, 2.45) is 5.92 Å². The Bertz CT molecular complexity index is 516. The van der Waals surface area contributed by atoms with Crippen LogP contribution >= 0.6 is 23.4 Å². The maximum atomic E-state index is 11.9. The summed E-state index contributed by atoms with van der Waals surface area (Å²) in [5, 5.41) is 9.60. The lowest BCUT2D eigenvalue weighted by molar-refractivity contribution is -0.117. The van der Waals surface area contributed by atoms with Gasteiger partial charge in [0, 0.05) is 18.8 Å². The molecule has 0 bridgehead atoms. The molecule has 0 radical (unpaired) electrons. The van der Waals surface area contributed by atoms with Crippen molar-refractivity contribution in [3.63, 3.8) is 0 Å². The van der Waals surface area contributed by atoms with E-state index in [0.29, 0.717) is 35.4 Å². The van der Waals surface area contributed by atoms with Crippen LogP contribution in [0.2, 0.25) is 0 Å². The van der Waals surface area contributed by atoms with E-state index < -0.39 is 0 Å². The number of anilines is 1. The molecule has 2 heterocycles. The first-order valence-electron chi connectivity index (χ1n) is 5.37. The number of hydrogen-bond donors (Lipinski definition) is 0. The molecule has 1 aromatic rings. The molecule has 94 valence electrons. The van der Waals surface area contributed by atoms with E-state index in [0.717, 1.165) is 0 Å². The van der Waals surface area contributed by atoms with Gasteiger partial charge >= 0.3 is 0 Å². The molecule has 1 fully saturated rings. The van der Waals surface area contributed by atoms with Gasteiger partial charge in [-0.25, -0.2) is 9.97 Å². The van der Waals surface area contributed by atoms with Gasteiger partial charge in [-0.3, -0.25) is 9.69 Å². The van der Waals surface area contributed by atoms with Crippen molar-refractivity contribution in [1.29, 1.82) is 5.26 Å². The number of rotatable bonds is 3. The first-order valence-corrected chi connectivity index (χ1v) is 7.13. The van der Waals surface area contributed by atoms with Gasteiger partial charge < -0.3 is 0 Å². The number of nitriles is 1. The second-order valence-corrected chi connectivity index (χ2v) is 5.02. The highest BCUT2D eigenvalue weighted by molar-refractivity contribution is 7.98. The van der Waals surface area contributed by atoms with Crippen molar-refractivity contribution in [2.75, 3.05) is 23.6 Å². The minimum Gasteiger partial charge on any atom is -0.295 e. The SMILES string of the molecule is CSc1ncc(C#N)c(N2CC(CCl)CC2=O)n1. The summed E-state index contributed by atoms with van der Waals surface area (Å²) in [4.78, 5) is 21.7. The molecule has 7 heteroatoms. The van der Waals surface area contributed by atoms with Crippen LogP contribution in [0.15, 0.2) is 11.4 Å². The number of thioether (sulfide) groups is 1. The molecule has 0 aliphatic carbocycles. The molecule has 1 aliphatic rings. The molecule has 1 aliphatic heterocycles.